The van der Waals surface area contributed by atoms with Crippen LogP contribution >= 0.6 is 0 Å². The van der Waals surface area contributed by atoms with Crippen LogP contribution < -0.4 is 0 Å². The molecule has 1 heterocycles. The third-order valence-corrected chi connectivity index (χ3v) is 9.40. The molecule has 0 saturated carbocycles. The highest BCUT2D eigenvalue weighted by molar-refractivity contribution is 6.14. The van der Waals surface area contributed by atoms with Gasteiger partial charge in [0, 0.05) is 16.7 Å². The topological polar surface area (TPSA) is 38.7 Å². The minimum Gasteiger partial charge on any atom is -0.208 e. The molecule has 0 saturated heterocycles. The summed E-state index contributed by atoms with van der Waals surface area (Å²) >= 11 is 0. The maximum Gasteiger partial charge on any atom is 0.164 e. The maximum absolute atomic E-state index is 5.16. The zero-order chi connectivity index (χ0) is 31.9. The Morgan fingerprint density at radius 2 is 0.979 bits per heavy atom. The van der Waals surface area contributed by atoms with E-state index < -0.39 is 0 Å². The summed E-state index contributed by atoms with van der Waals surface area (Å²) in [5.74, 6) is 1.95. The lowest BCUT2D eigenvalue weighted by molar-refractivity contribution is 1.00. The maximum atomic E-state index is 5.16. The molecule has 0 aliphatic heterocycles. The van der Waals surface area contributed by atoms with E-state index in [4.69, 9.17) is 15.0 Å². The number of rotatable bonds is 5. The van der Waals surface area contributed by atoms with Gasteiger partial charge in [0.25, 0.3) is 0 Å². The number of hydrogen-bond acceptors (Lipinski definition) is 3. The molecule has 7 aromatic carbocycles. The van der Waals surface area contributed by atoms with E-state index in [-0.39, 0.29) is 0 Å². The average molecular weight is 614 g/mol. The molecule has 3 heteroatoms. The van der Waals surface area contributed by atoms with Crippen LogP contribution in [0.1, 0.15) is 17.5 Å². The second-order valence-electron chi connectivity index (χ2n) is 12.3. The Hall–Kier alpha value is -6.19. The third kappa shape index (κ3) is 4.97. The number of allylic oxidation sites excluding steroid dienone is 1. The van der Waals surface area contributed by atoms with Gasteiger partial charge in [-0.15, -0.1) is 0 Å². The van der Waals surface area contributed by atoms with Gasteiger partial charge in [-0.25, -0.2) is 15.0 Å². The van der Waals surface area contributed by atoms with Crippen molar-refractivity contribution in [2.45, 2.75) is 12.8 Å². The summed E-state index contributed by atoms with van der Waals surface area (Å²) in [6, 6.07) is 53.3. The Kier molecular flexibility index (Phi) is 6.94. The highest BCUT2D eigenvalue weighted by Gasteiger charge is 2.19. The van der Waals surface area contributed by atoms with E-state index in [2.05, 4.69) is 140 Å². The first-order valence-corrected chi connectivity index (χ1v) is 16.5. The fourth-order valence-electron chi connectivity index (χ4n) is 7.09. The summed E-state index contributed by atoms with van der Waals surface area (Å²) < 4.78 is 0. The second kappa shape index (κ2) is 11.9. The molecule has 48 heavy (non-hydrogen) atoms. The summed E-state index contributed by atoms with van der Waals surface area (Å²) in [6.07, 6.45) is 6.76. The molecule has 0 N–H and O–H groups in total. The van der Waals surface area contributed by atoms with Crippen molar-refractivity contribution in [3.05, 3.63) is 169 Å². The van der Waals surface area contributed by atoms with Gasteiger partial charge in [-0.05, 0) is 79.9 Å². The van der Waals surface area contributed by atoms with Crippen LogP contribution in [0.2, 0.25) is 0 Å². The monoisotopic (exact) mass is 613 g/mol. The summed E-state index contributed by atoms with van der Waals surface area (Å²) in [5, 5.41) is 5.24. The summed E-state index contributed by atoms with van der Waals surface area (Å²) in [5.41, 5.74) is 10.2. The van der Waals surface area contributed by atoms with Crippen molar-refractivity contribution >= 4 is 27.6 Å². The van der Waals surface area contributed by atoms with Gasteiger partial charge in [-0.1, -0.05) is 152 Å². The SMILES string of the molecule is C1=Cc2c(c3ccccc3c3ccc(-c4ccccc4-c4nc(-c5ccccc5)nc(-c5cccc(-c6ccccc6)c5)n4)cc23)CC1. The highest BCUT2D eigenvalue weighted by atomic mass is 15.0. The van der Waals surface area contributed by atoms with Crippen molar-refractivity contribution in [3.8, 4) is 56.4 Å². The zero-order valence-corrected chi connectivity index (χ0v) is 26.3. The van der Waals surface area contributed by atoms with Gasteiger partial charge in [0.2, 0.25) is 0 Å². The van der Waals surface area contributed by atoms with Crippen LogP contribution in [0.15, 0.2) is 158 Å². The molecular formula is C45H31N3. The number of benzene rings is 7. The smallest absolute Gasteiger partial charge is 0.164 e. The molecule has 0 radical (unpaired) electrons. The lowest BCUT2D eigenvalue weighted by atomic mass is 9.85. The van der Waals surface area contributed by atoms with Gasteiger partial charge in [-0.2, -0.15) is 0 Å². The van der Waals surface area contributed by atoms with Gasteiger partial charge >= 0.3 is 0 Å². The van der Waals surface area contributed by atoms with E-state index in [0.717, 1.165) is 51.8 Å². The van der Waals surface area contributed by atoms with Crippen LogP contribution in [0.5, 0.6) is 0 Å². The Morgan fingerprint density at radius 3 is 1.79 bits per heavy atom. The predicted molar refractivity (Wildman–Crippen MR) is 199 cm³/mol. The first-order valence-electron chi connectivity index (χ1n) is 16.5. The third-order valence-electron chi connectivity index (χ3n) is 9.40. The van der Waals surface area contributed by atoms with E-state index in [1.807, 2.05) is 24.3 Å². The van der Waals surface area contributed by atoms with Crippen molar-refractivity contribution in [1.82, 2.24) is 15.0 Å². The summed E-state index contributed by atoms with van der Waals surface area (Å²) in [7, 11) is 0. The minimum atomic E-state index is 0.649. The minimum absolute atomic E-state index is 0.649. The lowest BCUT2D eigenvalue weighted by Gasteiger charge is -2.19. The molecule has 8 aromatic rings. The van der Waals surface area contributed by atoms with Crippen LogP contribution in [0.3, 0.4) is 0 Å². The number of aryl methyl sites for hydroxylation is 1. The molecule has 0 amide bonds. The molecule has 0 atom stereocenters. The van der Waals surface area contributed by atoms with Crippen molar-refractivity contribution in [2.75, 3.05) is 0 Å². The van der Waals surface area contributed by atoms with E-state index in [1.54, 1.807) is 0 Å². The molecule has 1 aliphatic rings. The van der Waals surface area contributed by atoms with Crippen LogP contribution in [0.25, 0.3) is 84.0 Å². The van der Waals surface area contributed by atoms with Gasteiger partial charge in [0.15, 0.2) is 17.5 Å². The van der Waals surface area contributed by atoms with Crippen molar-refractivity contribution in [3.63, 3.8) is 0 Å². The first-order chi connectivity index (χ1) is 23.8. The van der Waals surface area contributed by atoms with E-state index in [1.165, 1.54) is 32.7 Å². The van der Waals surface area contributed by atoms with Crippen molar-refractivity contribution < 1.29 is 0 Å². The van der Waals surface area contributed by atoms with E-state index in [0.29, 0.717) is 17.5 Å². The normalized spacial score (nSPS) is 12.3. The first kappa shape index (κ1) is 28.1. The average Bonchev–Trinajstić information content (AvgIpc) is 3.18. The quantitative estimate of drug-likeness (QED) is 0.181. The molecule has 1 aromatic heterocycles. The van der Waals surface area contributed by atoms with Gasteiger partial charge in [-0.3, -0.25) is 0 Å². The number of fused-ring (bicyclic) bond motifs is 6. The summed E-state index contributed by atoms with van der Waals surface area (Å²) in [4.78, 5) is 15.3. The molecule has 0 fully saturated rings. The Morgan fingerprint density at radius 1 is 0.375 bits per heavy atom. The number of hydrogen-bond donors (Lipinski definition) is 0. The van der Waals surface area contributed by atoms with Crippen molar-refractivity contribution in [1.29, 1.82) is 0 Å². The Labute approximate surface area is 280 Å². The van der Waals surface area contributed by atoms with Crippen LogP contribution in [0, 0.1) is 0 Å². The molecule has 0 spiro atoms. The molecule has 0 unspecified atom stereocenters. The van der Waals surface area contributed by atoms with Crippen LogP contribution in [-0.2, 0) is 6.42 Å². The largest absolute Gasteiger partial charge is 0.208 e. The molecule has 0 bridgehead atoms. The second-order valence-corrected chi connectivity index (χ2v) is 12.3. The van der Waals surface area contributed by atoms with Gasteiger partial charge in [0.1, 0.15) is 0 Å². The number of nitrogens with zero attached hydrogens (tertiary/aromatic N) is 3. The number of aromatic nitrogens is 3. The van der Waals surface area contributed by atoms with E-state index in [9.17, 15) is 0 Å². The summed E-state index contributed by atoms with van der Waals surface area (Å²) in [6.45, 7) is 0. The Bertz CT molecular complexity index is 2500. The molecule has 3 nitrogen and oxygen atoms in total. The van der Waals surface area contributed by atoms with Gasteiger partial charge < -0.3 is 0 Å². The lowest BCUT2D eigenvalue weighted by Crippen LogP contribution is -2.01. The van der Waals surface area contributed by atoms with Crippen LogP contribution in [0.4, 0.5) is 0 Å². The fourth-order valence-corrected chi connectivity index (χ4v) is 7.09. The molecule has 226 valence electrons. The van der Waals surface area contributed by atoms with E-state index >= 15 is 0 Å². The molecular weight excluding hydrogens is 583 g/mol. The Balaban J connectivity index is 1.23. The fraction of sp³-hybridized carbons (Fsp3) is 0.0444. The zero-order valence-electron chi connectivity index (χ0n) is 26.3. The van der Waals surface area contributed by atoms with Crippen LogP contribution in [-0.4, -0.2) is 15.0 Å². The predicted octanol–water partition coefficient (Wildman–Crippen LogP) is 11.5. The molecule has 1 aliphatic carbocycles. The van der Waals surface area contributed by atoms with Crippen molar-refractivity contribution in [2.24, 2.45) is 0 Å². The molecule has 9 rings (SSSR count). The van der Waals surface area contributed by atoms with Gasteiger partial charge in [0.05, 0.1) is 0 Å². The standard InChI is InChI=1S/C45H31N3/c1-3-14-30(15-4-1)32-18-13-19-34(28-32)44-46-43(31-16-5-2-6-17-31)47-45(48-44)41-25-12-7-20-35(41)33-26-27-40-38-23-9-8-21-36(38)37-22-10-11-24-39(37)42(40)29-33/h1-9,11-21,23-29H,10,22H2. The highest BCUT2D eigenvalue weighted by Crippen LogP contribution is 2.40.